The lowest BCUT2D eigenvalue weighted by atomic mass is 10.1. The third-order valence-corrected chi connectivity index (χ3v) is 1.51. The van der Waals surface area contributed by atoms with Crippen LogP contribution in [0.3, 0.4) is 0 Å². The average molecular weight is 133 g/mol. The van der Waals surface area contributed by atoms with Crippen LogP contribution in [0.5, 0.6) is 0 Å². The van der Waals surface area contributed by atoms with Gasteiger partial charge in [-0.1, -0.05) is 12.2 Å². The van der Waals surface area contributed by atoms with Crippen LogP contribution in [0.25, 0.3) is 0 Å². The third kappa shape index (κ3) is 0.778. The van der Waals surface area contributed by atoms with Gasteiger partial charge >= 0.3 is 6.40 Å². The summed E-state index contributed by atoms with van der Waals surface area (Å²) >= 11 is 0. The van der Waals surface area contributed by atoms with Gasteiger partial charge < -0.3 is 4.74 Å². The topological polar surface area (TPSA) is 23.3 Å². The van der Waals surface area contributed by atoms with Gasteiger partial charge in [0.2, 0.25) is 0 Å². The number of nitrogens with zero attached hydrogens (tertiary/aromatic N) is 1. The highest BCUT2D eigenvalue weighted by Gasteiger charge is 2.18. The summed E-state index contributed by atoms with van der Waals surface area (Å²) in [4.78, 5) is 3.87. The molecular weight excluding hydrogens is 126 g/mol. The predicted octanol–water partition coefficient (Wildman–Crippen LogP) is 0.759. The molecule has 1 unspecified atom stereocenters. The van der Waals surface area contributed by atoms with E-state index in [-0.39, 0.29) is 6.10 Å². The van der Waals surface area contributed by atoms with Gasteiger partial charge in [-0.2, -0.15) is 0 Å². The summed E-state index contributed by atoms with van der Waals surface area (Å²) in [6.07, 6.45) is 11.3. The second-order valence-electron chi connectivity index (χ2n) is 2.18. The maximum atomic E-state index is 5.18. The number of hydrogen-bond acceptors (Lipinski definition) is 2. The zero-order chi connectivity index (χ0) is 6.81. The fraction of sp³-hybridized carbons (Fsp3) is 0.125. The number of rotatable bonds is 0. The fourth-order valence-electron chi connectivity index (χ4n) is 0.995. The van der Waals surface area contributed by atoms with E-state index < -0.39 is 0 Å². The molecule has 1 atom stereocenters. The zero-order valence-electron chi connectivity index (χ0n) is 5.40. The first kappa shape index (κ1) is 5.47. The molecule has 10 heavy (non-hydrogen) atoms. The Morgan fingerprint density at radius 1 is 1.40 bits per heavy atom. The molecule has 1 aliphatic heterocycles. The van der Waals surface area contributed by atoms with Crippen molar-refractivity contribution in [3.63, 3.8) is 0 Å². The molecule has 0 aromatic rings. The van der Waals surface area contributed by atoms with Gasteiger partial charge in [0.05, 0.1) is 10.6 Å². The van der Waals surface area contributed by atoms with Gasteiger partial charge in [-0.05, 0) is 12.2 Å². The van der Waals surface area contributed by atoms with Gasteiger partial charge in [0.1, 0.15) is 0 Å². The SMILES string of the molecule is C1=CC2=C[N+]=COC2C=C1. The van der Waals surface area contributed by atoms with Crippen molar-refractivity contribution >= 4 is 6.40 Å². The van der Waals surface area contributed by atoms with Crippen molar-refractivity contribution in [1.82, 2.24) is 4.99 Å². The van der Waals surface area contributed by atoms with Gasteiger partial charge in [0, 0.05) is 0 Å². The zero-order valence-corrected chi connectivity index (χ0v) is 5.40. The summed E-state index contributed by atoms with van der Waals surface area (Å²) in [6.45, 7) is 0. The molecule has 1 heterocycles. The van der Waals surface area contributed by atoms with Crippen LogP contribution in [0.2, 0.25) is 0 Å². The van der Waals surface area contributed by atoms with E-state index in [4.69, 9.17) is 4.74 Å². The van der Waals surface area contributed by atoms with E-state index in [9.17, 15) is 0 Å². The van der Waals surface area contributed by atoms with Crippen LogP contribution in [-0.4, -0.2) is 12.5 Å². The Labute approximate surface area is 59.2 Å². The maximum absolute atomic E-state index is 5.18. The highest BCUT2D eigenvalue weighted by molar-refractivity contribution is 5.52. The second kappa shape index (κ2) is 2.14. The minimum atomic E-state index is 0.0995. The number of fused-ring (bicyclic) bond motifs is 1. The second-order valence-corrected chi connectivity index (χ2v) is 2.18. The summed E-state index contributed by atoms with van der Waals surface area (Å²) in [5.74, 6) is 0. The van der Waals surface area contributed by atoms with Gasteiger partial charge in [0.15, 0.2) is 6.10 Å². The van der Waals surface area contributed by atoms with Crippen LogP contribution < -0.4 is 4.99 Å². The smallest absolute Gasteiger partial charge is 0.398 e. The van der Waals surface area contributed by atoms with Crippen LogP contribution in [-0.2, 0) is 4.74 Å². The number of aliphatic imine (C=N–C) groups is 1. The molecule has 1 radical (unpaired) electrons. The first-order valence-electron chi connectivity index (χ1n) is 3.19. The van der Waals surface area contributed by atoms with E-state index in [1.807, 2.05) is 30.5 Å². The number of ether oxygens (including phenoxy) is 1. The molecule has 0 saturated carbocycles. The Morgan fingerprint density at radius 2 is 2.40 bits per heavy atom. The third-order valence-electron chi connectivity index (χ3n) is 1.51. The molecule has 2 rings (SSSR count). The van der Waals surface area contributed by atoms with Crippen molar-refractivity contribution < 1.29 is 4.74 Å². The van der Waals surface area contributed by atoms with Crippen molar-refractivity contribution in [3.05, 3.63) is 36.1 Å². The summed E-state index contributed by atoms with van der Waals surface area (Å²) in [6, 6.07) is 0. The van der Waals surface area contributed by atoms with Gasteiger partial charge in [-0.25, -0.2) is 0 Å². The highest BCUT2D eigenvalue weighted by atomic mass is 16.5. The van der Waals surface area contributed by atoms with E-state index in [0.717, 1.165) is 5.57 Å². The summed E-state index contributed by atoms with van der Waals surface area (Å²) < 4.78 is 5.18. The molecule has 2 aliphatic rings. The molecule has 2 heteroatoms. The largest absolute Gasteiger partial charge is 0.433 e. The average Bonchev–Trinajstić information content (AvgIpc) is 2.05. The van der Waals surface area contributed by atoms with E-state index in [2.05, 4.69) is 4.99 Å². The molecule has 0 N–H and O–H groups in total. The normalized spacial score (nSPS) is 27.2. The molecular formula is C8H7NO+. The molecule has 0 fully saturated rings. The summed E-state index contributed by atoms with van der Waals surface area (Å²) in [5.41, 5.74) is 1.12. The van der Waals surface area contributed by atoms with Gasteiger partial charge in [-0.3, -0.25) is 0 Å². The van der Waals surface area contributed by atoms with Crippen molar-refractivity contribution in [2.45, 2.75) is 6.10 Å². The molecule has 49 valence electrons. The van der Waals surface area contributed by atoms with Crippen molar-refractivity contribution in [3.8, 4) is 0 Å². The minimum Gasteiger partial charge on any atom is -0.433 e. The van der Waals surface area contributed by atoms with Gasteiger partial charge in [0.25, 0.3) is 6.20 Å². The summed E-state index contributed by atoms with van der Waals surface area (Å²) in [7, 11) is 0. The van der Waals surface area contributed by atoms with Crippen LogP contribution >= 0.6 is 0 Å². The Bertz CT molecular complexity index is 248. The Hall–Kier alpha value is -1.31. The van der Waals surface area contributed by atoms with Crippen LogP contribution in [0, 0.1) is 0 Å². The van der Waals surface area contributed by atoms with E-state index in [0.29, 0.717) is 0 Å². The molecule has 0 saturated heterocycles. The lowest BCUT2D eigenvalue weighted by molar-refractivity contribution is 0.279. The molecule has 0 amide bonds. The lowest BCUT2D eigenvalue weighted by Crippen LogP contribution is -2.18. The Morgan fingerprint density at radius 3 is 3.30 bits per heavy atom. The quantitative estimate of drug-likeness (QED) is 0.478. The maximum Gasteiger partial charge on any atom is 0.398 e. The van der Waals surface area contributed by atoms with Crippen LogP contribution in [0.15, 0.2) is 36.1 Å². The van der Waals surface area contributed by atoms with Crippen molar-refractivity contribution in [1.29, 1.82) is 0 Å². The highest BCUT2D eigenvalue weighted by Crippen LogP contribution is 2.14. The molecule has 0 aromatic carbocycles. The van der Waals surface area contributed by atoms with E-state index in [1.54, 1.807) is 0 Å². The van der Waals surface area contributed by atoms with Crippen LogP contribution in [0.4, 0.5) is 0 Å². The lowest BCUT2D eigenvalue weighted by Gasteiger charge is -2.12. The van der Waals surface area contributed by atoms with E-state index >= 15 is 0 Å². The monoisotopic (exact) mass is 133 g/mol. The molecule has 0 bridgehead atoms. The fourth-order valence-corrected chi connectivity index (χ4v) is 0.995. The molecule has 0 spiro atoms. The molecule has 1 aliphatic carbocycles. The Balaban J connectivity index is 2.34. The molecule has 0 aromatic heterocycles. The number of hydrogen-bond donors (Lipinski definition) is 0. The first-order chi connectivity index (χ1) is 4.97. The van der Waals surface area contributed by atoms with Crippen LogP contribution in [0.1, 0.15) is 0 Å². The minimum absolute atomic E-state index is 0.0995. The van der Waals surface area contributed by atoms with Gasteiger partial charge in [-0.15, -0.1) is 0 Å². The van der Waals surface area contributed by atoms with Crippen molar-refractivity contribution in [2.75, 3.05) is 0 Å². The first-order valence-corrected chi connectivity index (χ1v) is 3.19. The standard InChI is InChI=1S/C8H7NO/c1-2-4-8-7(3-1)5-9-6-10-8/h1-6,8H/q+1. The van der Waals surface area contributed by atoms with Crippen molar-refractivity contribution in [2.24, 2.45) is 0 Å². The predicted molar refractivity (Wildman–Crippen MR) is 39.4 cm³/mol. The molecule has 2 nitrogen and oxygen atoms in total. The summed E-state index contributed by atoms with van der Waals surface area (Å²) in [5, 5.41) is 0. The number of allylic oxidation sites excluding steroid dienone is 2. The van der Waals surface area contributed by atoms with E-state index in [1.165, 1.54) is 6.40 Å². The Kier molecular flexibility index (Phi) is 1.17.